The third-order valence-electron chi connectivity index (χ3n) is 3.29. The first-order valence-electron chi connectivity index (χ1n) is 5.52. The van der Waals surface area contributed by atoms with Gasteiger partial charge in [-0.2, -0.15) is 0 Å². The third kappa shape index (κ3) is 1.42. The summed E-state index contributed by atoms with van der Waals surface area (Å²) < 4.78 is 24.9. The molecule has 17 heavy (non-hydrogen) atoms. The molecule has 2 aromatic carbocycles. The molecule has 86 valence electrons. The molecule has 0 aliphatic carbocycles. The summed E-state index contributed by atoms with van der Waals surface area (Å²) in [7, 11) is -3.32. The first-order chi connectivity index (χ1) is 8.10. The lowest BCUT2D eigenvalue weighted by Gasteiger charge is -2.21. The van der Waals surface area contributed by atoms with Gasteiger partial charge in [-0.25, -0.2) is 8.42 Å². The largest absolute Gasteiger partial charge is 0.218 e. The Labute approximate surface area is 101 Å². The van der Waals surface area contributed by atoms with Gasteiger partial charge in [-0.05, 0) is 35.7 Å². The third-order valence-corrected chi connectivity index (χ3v) is 5.22. The summed E-state index contributed by atoms with van der Waals surface area (Å²) >= 11 is 0. The molecule has 0 saturated heterocycles. The van der Waals surface area contributed by atoms with Crippen LogP contribution in [0.2, 0.25) is 0 Å². The maximum absolute atomic E-state index is 12.4. The second-order valence-corrected chi connectivity index (χ2v) is 6.23. The summed E-state index contributed by atoms with van der Waals surface area (Å²) in [6, 6.07) is 12.7. The average Bonchev–Trinajstić information content (AvgIpc) is 2.31. The Hall–Kier alpha value is -1.61. The number of fused-ring (bicyclic) bond motifs is 2. The monoisotopic (exact) mass is 244 g/mol. The van der Waals surface area contributed by atoms with Crippen molar-refractivity contribution >= 4 is 9.84 Å². The van der Waals surface area contributed by atoms with Gasteiger partial charge in [0, 0.05) is 6.42 Å². The van der Waals surface area contributed by atoms with E-state index in [9.17, 15) is 8.42 Å². The van der Waals surface area contributed by atoms with Crippen LogP contribution in [-0.4, -0.2) is 8.42 Å². The van der Waals surface area contributed by atoms with Crippen LogP contribution in [0.15, 0.2) is 52.3 Å². The average molecular weight is 244 g/mol. The van der Waals surface area contributed by atoms with Crippen LogP contribution < -0.4 is 0 Å². The molecule has 3 rings (SSSR count). The van der Waals surface area contributed by atoms with E-state index in [1.54, 1.807) is 24.3 Å². The number of benzene rings is 2. The van der Waals surface area contributed by atoms with E-state index in [4.69, 9.17) is 0 Å². The first-order valence-corrected chi connectivity index (χ1v) is 7.00. The minimum Gasteiger partial charge on any atom is -0.218 e. The van der Waals surface area contributed by atoms with Crippen molar-refractivity contribution in [3.63, 3.8) is 0 Å². The Bertz CT molecular complexity index is 700. The standard InChI is InChI=1S/C14H12O2S/c1-10-5-4-8-14-12(10)9-11-6-2-3-7-13(11)17(14,15)16/h2-8H,9H2,1H3. The van der Waals surface area contributed by atoms with Gasteiger partial charge in [0.2, 0.25) is 9.84 Å². The molecule has 2 nitrogen and oxygen atoms in total. The SMILES string of the molecule is Cc1cccc2c1Cc1ccccc1S2(=O)=O. The molecular weight excluding hydrogens is 232 g/mol. The molecule has 0 N–H and O–H groups in total. The highest BCUT2D eigenvalue weighted by atomic mass is 32.2. The summed E-state index contributed by atoms with van der Waals surface area (Å²) in [5.74, 6) is 0. The van der Waals surface area contributed by atoms with Gasteiger partial charge in [-0.3, -0.25) is 0 Å². The summed E-state index contributed by atoms with van der Waals surface area (Å²) in [5.41, 5.74) is 2.88. The fraction of sp³-hybridized carbons (Fsp3) is 0.143. The molecule has 1 aliphatic rings. The van der Waals surface area contributed by atoms with Gasteiger partial charge < -0.3 is 0 Å². The molecule has 0 amide bonds. The second kappa shape index (κ2) is 3.44. The highest BCUT2D eigenvalue weighted by Gasteiger charge is 2.29. The fourth-order valence-corrected chi connectivity index (χ4v) is 4.17. The van der Waals surface area contributed by atoms with Crippen LogP contribution in [0.5, 0.6) is 0 Å². The van der Waals surface area contributed by atoms with Gasteiger partial charge in [0.1, 0.15) is 0 Å². The Morgan fingerprint density at radius 3 is 2.47 bits per heavy atom. The number of aryl methyl sites for hydroxylation is 1. The van der Waals surface area contributed by atoms with Crippen LogP contribution in [0, 0.1) is 6.92 Å². The summed E-state index contributed by atoms with van der Waals surface area (Å²) in [5, 5.41) is 0. The Morgan fingerprint density at radius 2 is 1.65 bits per heavy atom. The van der Waals surface area contributed by atoms with E-state index >= 15 is 0 Å². The van der Waals surface area contributed by atoms with Crippen molar-refractivity contribution < 1.29 is 8.42 Å². The molecule has 0 aromatic heterocycles. The van der Waals surface area contributed by atoms with Crippen molar-refractivity contribution in [1.29, 1.82) is 0 Å². The molecule has 0 saturated carbocycles. The van der Waals surface area contributed by atoms with E-state index in [-0.39, 0.29) is 0 Å². The summed E-state index contributed by atoms with van der Waals surface area (Å²) in [6.45, 7) is 1.96. The molecular formula is C14H12O2S. The highest BCUT2D eigenvalue weighted by molar-refractivity contribution is 7.91. The predicted molar refractivity (Wildman–Crippen MR) is 65.9 cm³/mol. The van der Waals surface area contributed by atoms with E-state index in [0.717, 1.165) is 16.7 Å². The lowest BCUT2D eigenvalue weighted by molar-refractivity contribution is 0.591. The number of sulfone groups is 1. The van der Waals surface area contributed by atoms with E-state index in [0.29, 0.717) is 16.2 Å². The molecule has 3 heteroatoms. The zero-order chi connectivity index (χ0) is 12.0. The second-order valence-electron chi connectivity index (χ2n) is 4.34. The van der Waals surface area contributed by atoms with E-state index in [1.165, 1.54) is 0 Å². The molecule has 0 atom stereocenters. The lowest BCUT2D eigenvalue weighted by Crippen LogP contribution is -2.15. The zero-order valence-electron chi connectivity index (χ0n) is 9.47. The first kappa shape index (κ1) is 10.5. The van der Waals surface area contributed by atoms with Crippen LogP contribution in [0.1, 0.15) is 16.7 Å². The van der Waals surface area contributed by atoms with Crippen molar-refractivity contribution in [2.45, 2.75) is 23.1 Å². The lowest BCUT2D eigenvalue weighted by atomic mass is 10.00. The topological polar surface area (TPSA) is 34.1 Å². The van der Waals surface area contributed by atoms with Gasteiger partial charge in [0.25, 0.3) is 0 Å². The zero-order valence-corrected chi connectivity index (χ0v) is 10.3. The Kier molecular flexibility index (Phi) is 2.13. The van der Waals surface area contributed by atoms with Crippen LogP contribution in [0.3, 0.4) is 0 Å². The van der Waals surface area contributed by atoms with Crippen LogP contribution in [0.25, 0.3) is 0 Å². The van der Waals surface area contributed by atoms with Crippen LogP contribution in [0.4, 0.5) is 0 Å². The maximum atomic E-state index is 12.4. The maximum Gasteiger partial charge on any atom is 0.207 e. The van der Waals surface area contributed by atoms with Crippen molar-refractivity contribution in [3.05, 3.63) is 59.2 Å². The van der Waals surface area contributed by atoms with E-state index in [2.05, 4.69) is 0 Å². The Balaban J connectivity index is 2.39. The van der Waals surface area contributed by atoms with Crippen molar-refractivity contribution in [2.24, 2.45) is 0 Å². The van der Waals surface area contributed by atoms with Crippen molar-refractivity contribution in [3.8, 4) is 0 Å². The molecule has 1 aliphatic heterocycles. The van der Waals surface area contributed by atoms with Gasteiger partial charge in [0.05, 0.1) is 9.79 Å². The molecule has 0 fully saturated rings. The van der Waals surface area contributed by atoms with Crippen LogP contribution >= 0.6 is 0 Å². The summed E-state index contributed by atoms with van der Waals surface area (Å²) in [6.07, 6.45) is 0.706. The molecule has 1 heterocycles. The van der Waals surface area contributed by atoms with Gasteiger partial charge >= 0.3 is 0 Å². The van der Waals surface area contributed by atoms with E-state index < -0.39 is 9.84 Å². The van der Waals surface area contributed by atoms with Gasteiger partial charge in [-0.15, -0.1) is 0 Å². The summed E-state index contributed by atoms with van der Waals surface area (Å²) in [4.78, 5) is 0.925. The molecule has 2 aromatic rings. The minimum atomic E-state index is -3.32. The molecule has 0 spiro atoms. The van der Waals surface area contributed by atoms with Gasteiger partial charge in [0.15, 0.2) is 0 Å². The van der Waals surface area contributed by atoms with Gasteiger partial charge in [-0.1, -0.05) is 30.3 Å². The van der Waals surface area contributed by atoms with Crippen molar-refractivity contribution in [2.75, 3.05) is 0 Å². The highest BCUT2D eigenvalue weighted by Crippen LogP contribution is 2.35. The molecule has 0 bridgehead atoms. The predicted octanol–water partition coefficient (Wildman–Crippen LogP) is 2.73. The van der Waals surface area contributed by atoms with Crippen LogP contribution in [-0.2, 0) is 16.3 Å². The smallest absolute Gasteiger partial charge is 0.207 e. The molecule has 0 radical (unpaired) electrons. The number of hydrogen-bond acceptors (Lipinski definition) is 2. The normalized spacial score (nSPS) is 16.1. The Morgan fingerprint density at radius 1 is 0.941 bits per heavy atom. The van der Waals surface area contributed by atoms with E-state index in [1.807, 2.05) is 25.1 Å². The fourth-order valence-electron chi connectivity index (χ4n) is 2.37. The molecule has 0 unspecified atom stereocenters. The minimum absolute atomic E-state index is 0.457. The number of hydrogen-bond donors (Lipinski definition) is 0. The number of rotatable bonds is 0. The quantitative estimate of drug-likeness (QED) is 0.609. The van der Waals surface area contributed by atoms with Crippen molar-refractivity contribution in [1.82, 2.24) is 0 Å².